The Bertz CT molecular complexity index is 802. The van der Waals surface area contributed by atoms with Crippen LogP contribution in [0, 0.1) is 0 Å². The number of nitrogens with zero attached hydrogens (tertiary/aromatic N) is 1. The van der Waals surface area contributed by atoms with Gasteiger partial charge in [0, 0.05) is 22.3 Å². The fourth-order valence-corrected chi connectivity index (χ4v) is 2.92. The molecule has 2 nitrogen and oxygen atoms in total. The number of fused-ring (bicyclic) bond motifs is 5. The maximum Gasteiger partial charge on any atom is 0.205 e. The molecule has 3 heteroatoms. The fourth-order valence-electron chi connectivity index (χ4n) is 2.62. The third-order valence-corrected chi connectivity index (χ3v) is 3.85. The van der Waals surface area contributed by atoms with E-state index in [4.69, 9.17) is 11.6 Å². The van der Waals surface area contributed by atoms with Gasteiger partial charge in [0.1, 0.15) is 0 Å². The van der Waals surface area contributed by atoms with Crippen molar-refractivity contribution in [2.75, 3.05) is 0 Å². The molecule has 1 heterocycles. The molecule has 2 aromatic carbocycles. The van der Waals surface area contributed by atoms with Gasteiger partial charge in [-0.1, -0.05) is 54.1 Å². The lowest BCUT2D eigenvalue weighted by Crippen LogP contribution is -2.17. The summed E-state index contributed by atoms with van der Waals surface area (Å²) in [5.41, 5.74) is 4.87. The van der Waals surface area contributed by atoms with Crippen LogP contribution in [0.5, 0.6) is 0 Å². The Labute approximate surface area is 115 Å². The molecule has 1 aliphatic carbocycles. The first-order valence-corrected chi connectivity index (χ1v) is 6.37. The highest BCUT2D eigenvalue weighted by Gasteiger charge is 2.34. The third-order valence-electron chi connectivity index (χ3n) is 3.49. The minimum atomic E-state index is -0.122. The first-order valence-electron chi connectivity index (χ1n) is 6.00. The summed E-state index contributed by atoms with van der Waals surface area (Å²) in [5, 5.41) is 0.266. The predicted octanol–water partition coefficient (Wildman–Crippen LogP) is 3.97. The van der Waals surface area contributed by atoms with Gasteiger partial charge in [0.15, 0.2) is 0 Å². The molecule has 0 radical (unpaired) electrons. The van der Waals surface area contributed by atoms with E-state index in [0.29, 0.717) is 5.56 Å². The van der Waals surface area contributed by atoms with Crippen molar-refractivity contribution in [3.63, 3.8) is 0 Å². The molecule has 0 unspecified atom stereocenters. The number of hydrogen-bond donors (Lipinski definition) is 0. The predicted molar refractivity (Wildman–Crippen MR) is 76.2 cm³/mol. The Morgan fingerprint density at radius 2 is 1.47 bits per heavy atom. The lowest BCUT2D eigenvalue weighted by atomic mass is 9.87. The summed E-state index contributed by atoms with van der Waals surface area (Å²) in [7, 11) is 0. The monoisotopic (exact) mass is 265 g/mol. The van der Waals surface area contributed by atoms with Gasteiger partial charge in [0.05, 0.1) is 16.4 Å². The minimum Gasteiger partial charge on any atom is -0.288 e. The number of allylic oxidation sites excluding steroid dienone is 2. The van der Waals surface area contributed by atoms with Crippen molar-refractivity contribution in [1.82, 2.24) is 0 Å². The largest absolute Gasteiger partial charge is 0.288 e. The maximum absolute atomic E-state index is 12.3. The second-order valence-electron chi connectivity index (χ2n) is 4.54. The lowest BCUT2D eigenvalue weighted by Gasteiger charge is -2.17. The van der Waals surface area contributed by atoms with Crippen LogP contribution in [0.4, 0.5) is 5.69 Å². The number of carbonyl (C=O) groups is 1. The molecule has 0 bridgehead atoms. The van der Waals surface area contributed by atoms with Gasteiger partial charge in [-0.15, -0.1) is 0 Å². The highest BCUT2D eigenvalue weighted by molar-refractivity contribution is 6.58. The number of benzene rings is 2. The molecule has 2 aromatic rings. The average molecular weight is 266 g/mol. The molecule has 2 aliphatic rings. The fraction of sp³-hybridized carbons (Fsp3) is 0. The molecule has 0 saturated heterocycles. The van der Waals surface area contributed by atoms with Gasteiger partial charge < -0.3 is 0 Å². The number of halogens is 1. The molecule has 1 aliphatic heterocycles. The first-order chi connectivity index (χ1) is 9.27. The summed E-state index contributed by atoms with van der Waals surface area (Å²) in [4.78, 5) is 16.9. The van der Waals surface area contributed by atoms with Crippen LogP contribution < -0.4 is 0 Å². The third kappa shape index (κ3) is 1.32. The molecule has 0 aromatic heterocycles. The van der Waals surface area contributed by atoms with Gasteiger partial charge in [-0.2, -0.15) is 0 Å². The van der Waals surface area contributed by atoms with E-state index in [9.17, 15) is 4.79 Å². The zero-order valence-electron chi connectivity index (χ0n) is 9.85. The number of Topliss-reactive ketones (excluding diaryl/α,β-unsaturated/α-hetero) is 1. The molecular weight excluding hydrogens is 258 g/mol. The molecule has 4 rings (SSSR count). The van der Waals surface area contributed by atoms with Gasteiger partial charge in [-0.25, -0.2) is 4.99 Å². The zero-order chi connectivity index (χ0) is 13.0. The Morgan fingerprint density at radius 1 is 0.842 bits per heavy atom. The minimum absolute atomic E-state index is 0.122. The van der Waals surface area contributed by atoms with Crippen molar-refractivity contribution in [2.24, 2.45) is 4.99 Å². The number of hydrogen-bond acceptors (Lipinski definition) is 2. The molecule has 0 saturated carbocycles. The van der Waals surface area contributed by atoms with E-state index >= 15 is 0 Å². The SMILES string of the molecule is O=C1C(Cl)=C2C(=Nc3ccccc32)c2ccccc21. The van der Waals surface area contributed by atoms with Crippen LogP contribution in [0.3, 0.4) is 0 Å². The molecule has 0 spiro atoms. The van der Waals surface area contributed by atoms with Crippen molar-refractivity contribution in [1.29, 1.82) is 0 Å². The summed E-state index contributed by atoms with van der Waals surface area (Å²) in [6.45, 7) is 0. The van der Waals surface area contributed by atoms with E-state index in [1.807, 2.05) is 42.5 Å². The number of aliphatic imine (C=N–C) groups is 1. The molecule has 19 heavy (non-hydrogen) atoms. The van der Waals surface area contributed by atoms with E-state index in [-0.39, 0.29) is 10.8 Å². The summed E-state index contributed by atoms with van der Waals surface area (Å²) >= 11 is 6.27. The normalized spacial score (nSPS) is 15.8. The second kappa shape index (κ2) is 3.65. The molecule has 0 amide bonds. The van der Waals surface area contributed by atoms with Crippen molar-refractivity contribution in [3.8, 4) is 0 Å². The van der Waals surface area contributed by atoms with Crippen LogP contribution in [0.15, 0.2) is 58.6 Å². The standard InChI is InChI=1S/C16H8ClNO/c17-14-13-11-7-3-4-8-12(11)18-15(13)9-5-1-2-6-10(9)16(14)19/h1-8H. The molecule has 0 N–H and O–H groups in total. The Kier molecular flexibility index (Phi) is 2.06. The van der Waals surface area contributed by atoms with Gasteiger partial charge in [0.25, 0.3) is 0 Å². The van der Waals surface area contributed by atoms with E-state index in [1.165, 1.54) is 0 Å². The van der Waals surface area contributed by atoms with E-state index < -0.39 is 0 Å². The van der Waals surface area contributed by atoms with Crippen LogP contribution >= 0.6 is 11.6 Å². The summed E-state index contributed by atoms with van der Waals surface area (Å²) in [5.74, 6) is -0.122. The maximum atomic E-state index is 12.3. The Morgan fingerprint density at radius 3 is 2.26 bits per heavy atom. The Balaban J connectivity index is 2.10. The molecule has 0 fully saturated rings. The van der Waals surface area contributed by atoms with Gasteiger partial charge >= 0.3 is 0 Å². The van der Waals surface area contributed by atoms with Crippen LogP contribution in [0.1, 0.15) is 21.5 Å². The van der Waals surface area contributed by atoms with Crippen molar-refractivity contribution >= 4 is 34.4 Å². The highest BCUT2D eigenvalue weighted by atomic mass is 35.5. The van der Waals surface area contributed by atoms with Gasteiger partial charge in [-0.3, -0.25) is 4.79 Å². The second-order valence-corrected chi connectivity index (χ2v) is 4.92. The average Bonchev–Trinajstić information content (AvgIpc) is 2.84. The van der Waals surface area contributed by atoms with Crippen LogP contribution in [-0.2, 0) is 0 Å². The summed E-state index contributed by atoms with van der Waals surface area (Å²) in [6.07, 6.45) is 0. The molecular formula is C16H8ClNO. The van der Waals surface area contributed by atoms with E-state index in [1.54, 1.807) is 6.07 Å². The first kappa shape index (κ1) is 10.7. The van der Waals surface area contributed by atoms with Crippen molar-refractivity contribution < 1.29 is 4.79 Å². The molecule has 0 atom stereocenters. The Hall–Kier alpha value is -2.19. The number of para-hydroxylation sites is 1. The van der Waals surface area contributed by atoms with Gasteiger partial charge in [-0.05, 0) is 6.07 Å². The number of ketones is 1. The quantitative estimate of drug-likeness (QED) is 0.709. The van der Waals surface area contributed by atoms with Crippen molar-refractivity contribution in [3.05, 3.63) is 70.3 Å². The topological polar surface area (TPSA) is 29.4 Å². The zero-order valence-corrected chi connectivity index (χ0v) is 10.6. The summed E-state index contributed by atoms with van der Waals surface area (Å²) in [6, 6.07) is 15.2. The van der Waals surface area contributed by atoms with Crippen LogP contribution in [-0.4, -0.2) is 11.5 Å². The van der Waals surface area contributed by atoms with Crippen LogP contribution in [0.2, 0.25) is 0 Å². The van der Waals surface area contributed by atoms with E-state index in [0.717, 1.165) is 28.1 Å². The van der Waals surface area contributed by atoms with Crippen LogP contribution in [0.25, 0.3) is 5.57 Å². The molecule has 90 valence electrons. The number of carbonyl (C=O) groups excluding carboxylic acids is 1. The van der Waals surface area contributed by atoms with Gasteiger partial charge in [0.2, 0.25) is 5.78 Å². The summed E-state index contributed by atoms with van der Waals surface area (Å²) < 4.78 is 0. The lowest BCUT2D eigenvalue weighted by molar-refractivity contribution is 0.104. The number of rotatable bonds is 0. The highest BCUT2D eigenvalue weighted by Crippen LogP contribution is 2.43. The van der Waals surface area contributed by atoms with Crippen molar-refractivity contribution in [2.45, 2.75) is 0 Å². The van der Waals surface area contributed by atoms with E-state index in [2.05, 4.69) is 4.99 Å². The smallest absolute Gasteiger partial charge is 0.205 e.